The molecule has 0 aliphatic carbocycles. The molecule has 1 amide bonds. The second-order valence-electron chi connectivity index (χ2n) is 5.60. The van der Waals surface area contributed by atoms with Crippen molar-refractivity contribution >= 4 is 5.91 Å². The van der Waals surface area contributed by atoms with Crippen LogP contribution in [0.5, 0.6) is 5.75 Å². The van der Waals surface area contributed by atoms with Gasteiger partial charge in [-0.05, 0) is 31.5 Å². The highest BCUT2D eigenvalue weighted by Gasteiger charge is 2.33. The molecule has 0 atom stereocenters. The van der Waals surface area contributed by atoms with Gasteiger partial charge in [-0.2, -0.15) is 0 Å². The van der Waals surface area contributed by atoms with Crippen LogP contribution in [0.1, 0.15) is 19.4 Å². The molecule has 21 heavy (non-hydrogen) atoms. The fraction of sp³-hybridized carbons (Fsp3) is 0.562. The topological polar surface area (TPSA) is 50.8 Å². The van der Waals surface area contributed by atoms with Crippen LogP contribution in [0.15, 0.2) is 24.3 Å². The quantitative estimate of drug-likeness (QED) is 0.826. The molecule has 1 aromatic carbocycles. The van der Waals surface area contributed by atoms with Crippen molar-refractivity contribution in [3.63, 3.8) is 0 Å². The average molecular weight is 292 g/mol. The van der Waals surface area contributed by atoms with E-state index in [0.717, 1.165) is 24.4 Å². The van der Waals surface area contributed by atoms with Gasteiger partial charge in [0.25, 0.3) is 0 Å². The predicted molar refractivity (Wildman–Crippen MR) is 81.3 cm³/mol. The van der Waals surface area contributed by atoms with Gasteiger partial charge in [0.15, 0.2) is 0 Å². The van der Waals surface area contributed by atoms with Crippen molar-refractivity contribution in [2.75, 3.05) is 33.4 Å². The molecule has 0 bridgehead atoms. The lowest BCUT2D eigenvalue weighted by molar-refractivity contribution is -0.146. The van der Waals surface area contributed by atoms with Gasteiger partial charge in [-0.25, -0.2) is 0 Å². The largest absolute Gasteiger partial charge is 0.497 e. The third-order valence-electron chi connectivity index (χ3n) is 3.81. The Morgan fingerprint density at radius 3 is 2.48 bits per heavy atom. The number of carbonyl (C=O) groups excluding carboxylic acids is 1. The van der Waals surface area contributed by atoms with E-state index in [2.05, 4.69) is 5.32 Å². The van der Waals surface area contributed by atoms with E-state index in [1.807, 2.05) is 38.1 Å². The number of amides is 1. The molecule has 116 valence electrons. The first-order chi connectivity index (χ1) is 10.1. The summed E-state index contributed by atoms with van der Waals surface area (Å²) in [6.45, 7) is 7.03. The summed E-state index contributed by atoms with van der Waals surface area (Å²) < 4.78 is 10.8. The summed E-state index contributed by atoms with van der Waals surface area (Å²) in [7, 11) is 1.64. The molecule has 5 nitrogen and oxygen atoms in total. The number of nitrogens with one attached hydrogen (secondary N) is 1. The number of benzene rings is 1. The fourth-order valence-electron chi connectivity index (χ4n) is 2.23. The lowest BCUT2D eigenvalue weighted by atomic mass is 10.0. The highest BCUT2D eigenvalue weighted by Crippen LogP contribution is 2.16. The molecule has 5 heteroatoms. The Morgan fingerprint density at radius 1 is 1.33 bits per heavy atom. The van der Waals surface area contributed by atoms with Crippen LogP contribution in [0.2, 0.25) is 0 Å². The fourth-order valence-corrected chi connectivity index (χ4v) is 2.23. The standard InChI is InChI=1S/C16H24N2O3/c1-4-18(9-13-5-7-14(20-3)8-6-13)15(19)10-21-16(2)11-17-12-16/h5-8,17H,4,9-12H2,1-3H3. The third kappa shape index (κ3) is 4.19. The molecule has 1 aliphatic heterocycles. The molecule has 1 heterocycles. The summed E-state index contributed by atoms with van der Waals surface area (Å²) in [5.41, 5.74) is 0.900. The Balaban J connectivity index is 1.87. The number of carbonyl (C=O) groups is 1. The molecular formula is C16H24N2O3. The van der Waals surface area contributed by atoms with Gasteiger partial charge in [0.2, 0.25) is 5.91 Å². The van der Waals surface area contributed by atoms with Crippen LogP contribution in [0, 0.1) is 0 Å². The highest BCUT2D eigenvalue weighted by molar-refractivity contribution is 5.77. The maximum atomic E-state index is 12.2. The van der Waals surface area contributed by atoms with Gasteiger partial charge < -0.3 is 19.7 Å². The first kappa shape index (κ1) is 15.8. The number of ether oxygens (including phenoxy) is 2. The Labute approximate surface area is 126 Å². The Kier molecular flexibility index (Phi) is 5.20. The number of rotatable bonds is 7. The molecule has 0 saturated carbocycles. The normalized spacial score (nSPS) is 16.1. The summed E-state index contributed by atoms with van der Waals surface area (Å²) in [6, 6.07) is 7.77. The zero-order valence-corrected chi connectivity index (χ0v) is 13.0. The van der Waals surface area contributed by atoms with Crippen LogP contribution in [0.4, 0.5) is 0 Å². The molecule has 1 saturated heterocycles. The second kappa shape index (κ2) is 6.91. The van der Waals surface area contributed by atoms with E-state index in [1.165, 1.54) is 0 Å². The van der Waals surface area contributed by atoms with Gasteiger partial charge in [-0.15, -0.1) is 0 Å². The van der Waals surface area contributed by atoms with Crippen LogP contribution in [-0.4, -0.2) is 49.8 Å². The Bertz CT molecular complexity index is 469. The molecule has 0 radical (unpaired) electrons. The van der Waals surface area contributed by atoms with Crippen molar-refractivity contribution in [1.82, 2.24) is 10.2 Å². The van der Waals surface area contributed by atoms with E-state index in [9.17, 15) is 4.79 Å². The van der Waals surface area contributed by atoms with Crippen molar-refractivity contribution in [3.8, 4) is 5.75 Å². The highest BCUT2D eigenvalue weighted by atomic mass is 16.5. The average Bonchev–Trinajstić information content (AvgIpc) is 2.49. The lowest BCUT2D eigenvalue weighted by Gasteiger charge is -2.39. The molecule has 0 spiro atoms. The van der Waals surface area contributed by atoms with E-state index >= 15 is 0 Å². The first-order valence-corrected chi connectivity index (χ1v) is 7.32. The molecule has 1 aliphatic rings. The van der Waals surface area contributed by atoms with Gasteiger partial charge in [-0.3, -0.25) is 4.79 Å². The van der Waals surface area contributed by atoms with Gasteiger partial charge in [0, 0.05) is 26.2 Å². The van der Waals surface area contributed by atoms with Crippen LogP contribution >= 0.6 is 0 Å². The molecule has 0 aromatic heterocycles. The van der Waals surface area contributed by atoms with Crippen molar-refractivity contribution in [2.24, 2.45) is 0 Å². The van der Waals surface area contributed by atoms with Crippen LogP contribution < -0.4 is 10.1 Å². The number of likely N-dealkylation sites (N-methyl/N-ethyl adjacent to an activating group) is 1. The third-order valence-corrected chi connectivity index (χ3v) is 3.81. The number of hydrogen-bond acceptors (Lipinski definition) is 4. The second-order valence-corrected chi connectivity index (χ2v) is 5.60. The van der Waals surface area contributed by atoms with E-state index < -0.39 is 0 Å². The maximum absolute atomic E-state index is 12.2. The molecule has 1 N–H and O–H groups in total. The summed E-state index contributed by atoms with van der Waals surface area (Å²) in [5.74, 6) is 0.850. The minimum atomic E-state index is -0.185. The SMILES string of the molecule is CCN(Cc1ccc(OC)cc1)C(=O)COC1(C)CNC1. The van der Waals surface area contributed by atoms with Gasteiger partial charge >= 0.3 is 0 Å². The minimum absolute atomic E-state index is 0.0291. The summed E-state index contributed by atoms with van der Waals surface area (Å²) in [4.78, 5) is 14.0. The van der Waals surface area contributed by atoms with Crippen molar-refractivity contribution in [2.45, 2.75) is 26.0 Å². The molecule has 0 unspecified atom stereocenters. The number of methoxy groups -OCH3 is 1. The molecule has 2 rings (SSSR count). The van der Waals surface area contributed by atoms with Gasteiger partial charge in [0.05, 0.1) is 12.7 Å². The lowest BCUT2D eigenvalue weighted by Crippen LogP contribution is -2.59. The maximum Gasteiger partial charge on any atom is 0.248 e. The van der Waals surface area contributed by atoms with E-state index in [0.29, 0.717) is 13.1 Å². The molecular weight excluding hydrogens is 268 g/mol. The van der Waals surface area contributed by atoms with Crippen LogP contribution in [0.25, 0.3) is 0 Å². The van der Waals surface area contributed by atoms with E-state index in [1.54, 1.807) is 12.0 Å². The first-order valence-electron chi connectivity index (χ1n) is 7.32. The monoisotopic (exact) mass is 292 g/mol. The summed E-state index contributed by atoms with van der Waals surface area (Å²) >= 11 is 0. The smallest absolute Gasteiger partial charge is 0.248 e. The van der Waals surface area contributed by atoms with E-state index in [-0.39, 0.29) is 18.1 Å². The van der Waals surface area contributed by atoms with Crippen molar-refractivity contribution in [3.05, 3.63) is 29.8 Å². The molecule has 1 fully saturated rings. The predicted octanol–water partition coefficient (Wildman–Crippen LogP) is 1.42. The zero-order valence-electron chi connectivity index (χ0n) is 13.0. The van der Waals surface area contributed by atoms with Crippen LogP contribution in [-0.2, 0) is 16.1 Å². The van der Waals surface area contributed by atoms with Gasteiger partial charge in [-0.1, -0.05) is 12.1 Å². The Morgan fingerprint density at radius 2 is 2.00 bits per heavy atom. The minimum Gasteiger partial charge on any atom is -0.497 e. The van der Waals surface area contributed by atoms with Crippen LogP contribution in [0.3, 0.4) is 0 Å². The van der Waals surface area contributed by atoms with Crippen molar-refractivity contribution < 1.29 is 14.3 Å². The number of hydrogen-bond donors (Lipinski definition) is 1. The number of nitrogens with zero attached hydrogens (tertiary/aromatic N) is 1. The van der Waals surface area contributed by atoms with Gasteiger partial charge in [0.1, 0.15) is 12.4 Å². The summed E-state index contributed by atoms with van der Waals surface area (Å²) in [5, 5.41) is 3.16. The molecule has 1 aromatic rings. The van der Waals surface area contributed by atoms with E-state index in [4.69, 9.17) is 9.47 Å². The zero-order chi connectivity index (χ0) is 15.3. The van der Waals surface area contributed by atoms with Crippen molar-refractivity contribution in [1.29, 1.82) is 0 Å². The summed E-state index contributed by atoms with van der Waals surface area (Å²) in [6.07, 6.45) is 0. The Hall–Kier alpha value is -1.59.